The van der Waals surface area contributed by atoms with E-state index in [-0.39, 0.29) is 23.9 Å². The van der Waals surface area contributed by atoms with E-state index in [2.05, 4.69) is 42.0 Å². The van der Waals surface area contributed by atoms with Gasteiger partial charge in [-0.05, 0) is 35.6 Å². The summed E-state index contributed by atoms with van der Waals surface area (Å²) in [6.07, 6.45) is 0.691. The van der Waals surface area contributed by atoms with Crippen LogP contribution >= 0.6 is 15.9 Å². The number of nitrogens with one attached hydrogen (secondary N) is 1. The maximum atomic E-state index is 13.2. The first-order valence-electron chi connectivity index (χ1n) is 6.12. The Bertz CT molecular complexity index is 390. The SMILES string of the molecule is CC(C)(C)C(CCO)NCc1cc(F)ccc1Br. The van der Waals surface area contributed by atoms with Gasteiger partial charge in [0.1, 0.15) is 5.82 Å². The third-order valence-electron chi connectivity index (χ3n) is 3.01. The summed E-state index contributed by atoms with van der Waals surface area (Å²) in [7, 11) is 0. The number of aliphatic hydroxyl groups is 1. The number of hydrogen-bond donors (Lipinski definition) is 2. The zero-order chi connectivity index (χ0) is 13.8. The molecule has 1 aromatic rings. The van der Waals surface area contributed by atoms with Crippen molar-refractivity contribution < 1.29 is 9.50 Å². The average molecular weight is 318 g/mol. The molecule has 4 heteroatoms. The second-order valence-electron chi connectivity index (χ2n) is 5.55. The van der Waals surface area contributed by atoms with Crippen LogP contribution in [0.5, 0.6) is 0 Å². The van der Waals surface area contributed by atoms with Crippen LogP contribution in [0.1, 0.15) is 32.8 Å². The maximum absolute atomic E-state index is 13.2. The second-order valence-corrected chi connectivity index (χ2v) is 6.40. The molecule has 1 atom stereocenters. The summed E-state index contributed by atoms with van der Waals surface area (Å²) >= 11 is 3.41. The standard InChI is InChI=1S/C14H21BrFNO/c1-14(2,3)13(6-7-18)17-9-10-8-11(16)4-5-12(10)15/h4-5,8,13,17-18H,6-7,9H2,1-3H3. The third-order valence-corrected chi connectivity index (χ3v) is 3.78. The van der Waals surface area contributed by atoms with Crippen LogP contribution in [0.25, 0.3) is 0 Å². The summed E-state index contributed by atoms with van der Waals surface area (Å²) in [6.45, 7) is 7.11. The predicted molar refractivity (Wildman–Crippen MR) is 75.9 cm³/mol. The van der Waals surface area contributed by atoms with Crippen molar-refractivity contribution in [3.63, 3.8) is 0 Å². The van der Waals surface area contributed by atoms with Gasteiger partial charge in [-0.1, -0.05) is 36.7 Å². The number of aliphatic hydroxyl groups excluding tert-OH is 1. The normalized spacial score (nSPS) is 13.7. The van der Waals surface area contributed by atoms with Gasteiger partial charge in [0, 0.05) is 23.7 Å². The van der Waals surface area contributed by atoms with Crippen LogP contribution in [0.4, 0.5) is 4.39 Å². The smallest absolute Gasteiger partial charge is 0.123 e. The van der Waals surface area contributed by atoms with Crippen LogP contribution in [0.3, 0.4) is 0 Å². The lowest BCUT2D eigenvalue weighted by atomic mass is 9.85. The molecule has 0 fully saturated rings. The first-order valence-corrected chi connectivity index (χ1v) is 6.92. The third kappa shape index (κ3) is 4.67. The molecular formula is C14H21BrFNO. The molecule has 0 aliphatic carbocycles. The number of benzene rings is 1. The van der Waals surface area contributed by atoms with E-state index in [1.165, 1.54) is 12.1 Å². The molecule has 0 bridgehead atoms. The van der Waals surface area contributed by atoms with E-state index < -0.39 is 0 Å². The van der Waals surface area contributed by atoms with Gasteiger partial charge in [-0.3, -0.25) is 0 Å². The predicted octanol–water partition coefficient (Wildman–Crippen LogP) is 3.47. The molecule has 0 radical (unpaired) electrons. The van der Waals surface area contributed by atoms with Crippen molar-refractivity contribution in [2.24, 2.45) is 5.41 Å². The maximum Gasteiger partial charge on any atom is 0.123 e. The number of rotatable bonds is 5. The highest BCUT2D eigenvalue weighted by atomic mass is 79.9. The van der Waals surface area contributed by atoms with Crippen molar-refractivity contribution in [3.8, 4) is 0 Å². The highest BCUT2D eigenvalue weighted by Gasteiger charge is 2.23. The topological polar surface area (TPSA) is 32.3 Å². The molecule has 1 unspecified atom stereocenters. The molecule has 0 amide bonds. The lowest BCUT2D eigenvalue weighted by Crippen LogP contribution is -2.40. The van der Waals surface area contributed by atoms with Crippen molar-refractivity contribution in [3.05, 3.63) is 34.1 Å². The Morgan fingerprint density at radius 2 is 2.06 bits per heavy atom. The Balaban J connectivity index is 2.70. The minimum Gasteiger partial charge on any atom is -0.396 e. The molecule has 102 valence electrons. The Hall–Kier alpha value is -0.450. The van der Waals surface area contributed by atoms with Crippen LogP contribution in [0.2, 0.25) is 0 Å². The zero-order valence-corrected chi connectivity index (χ0v) is 12.7. The molecule has 0 aliphatic rings. The fraction of sp³-hybridized carbons (Fsp3) is 0.571. The lowest BCUT2D eigenvalue weighted by Gasteiger charge is -2.31. The summed E-state index contributed by atoms with van der Waals surface area (Å²) in [5.74, 6) is -0.232. The molecule has 2 nitrogen and oxygen atoms in total. The summed E-state index contributed by atoms with van der Waals surface area (Å²) in [4.78, 5) is 0. The van der Waals surface area contributed by atoms with E-state index in [4.69, 9.17) is 5.11 Å². The molecule has 0 spiro atoms. The van der Waals surface area contributed by atoms with Crippen LogP contribution in [-0.2, 0) is 6.54 Å². The monoisotopic (exact) mass is 317 g/mol. The molecular weight excluding hydrogens is 297 g/mol. The fourth-order valence-corrected chi connectivity index (χ4v) is 2.27. The molecule has 1 aromatic carbocycles. The minimum absolute atomic E-state index is 0.0581. The molecule has 0 saturated heterocycles. The summed E-state index contributed by atoms with van der Waals surface area (Å²) in [5.41, 5.74) is 0.949. The van der Waals surface area contributed by atoms with Crippen LogP contribution in [0.15, 0.2) is 22.7 Å². The van der Waals surface area contributed by atoms with E-state index in [9.17, 15) is 4.39 Å². The van der Waals surface area contributed by atoms with Crippen molar-refractivity contribution in [2.75, 3.05) is 6.61 Å². The van der Waals surface area contributed by atoms with Gasteiger partial charge >= 0.3 is 0 Å². The van der Waals surface area contributed by atoms with E-state index in [0.717, 1.165) is 10.0 Å². The molecule has 0 aromatic heterocycles. The first kappa shape index (κ1) is 15.6. The summed E-state index contributed by atoms with van der Waals surface area (Å²) < 4.78 is 14.1. The average Bonchev–Trinajstić information content (AvgIpc) is 2.27. The molecule has 0 aliphatic heterocycles. The Morgan fingerprint density at radius 1 is 1.39 bits per heavy atom. The van der Waals surface area contributed by atoms with Crippen molar-refractivity contribution in [2.45, 2.75) is 39.8 Å². The highest BCUT2D eigenvalue weighted by molar-refractivity contribution is 9.10. The quantitative estimate of drug-likeness (QED) is 0.871. The zero-order valence-electron chi connectivity index (χ0n) is 11.1. The lowest BCUT2D eigenvalue weighted by molar-refractivity contribution is 0.196. The Kier molecular flexibility index (Phi) is 5.76. The van der Waals surface area contributed by atoms with Crippen molar-refractivity contribution in [1.82, 2.24) is 5.32 Å². The van der Waals surface area contributed by atoms with E-state index in [1.54, 1.807) is 6.07 Å². The van der Waals surface area contributed by atoms with E-state index >= 15 is 0 Å². The molecule has 2 N–H and O–H groups in total. The Labute approximate surface area is 117 Å². The fourth-order valence-electron chi connectivity index (χ4n) is 1.88. The molecule has 18 heavy (non-hydrogen) atoms. The van der Waals surface area contributed by atoms with Crippen molar-refractivity contribution >= 4 is 15.9 Å². The first-order chi connectivity index (χ1) is 8.34. The van der Waals surface area contributed by atoms with Crippen LogP contribution in [-0.4, -0.2) is 17.8 Å². The van der Waals surface area contributed by atoms with Crippen LogP contribution < -0.4 is 5.32 Å². The van der Waals surface area contributed by atoms with Gasteiger partial charge in [-0.25, -0.2) is 4.39 Å². The largest absolute Gasteiger partial charge is 0.396 e. The van der Waals surface area contributed by atoms with Gasteiger partial charge in [-0.15, -0.1) is 0 Å². The summed E-state index contributed by atoms with van der Waals surface area (Å²) in [5, 5.41) is 12.5. The second kappa shape index (κ2) is 6.64. The van der Waals surface area contributed by atoms with Gasteiger partial charge in [0.15, 0.2) is 0 Å². The van der Waals surface area contributed by atoms with Gasteiger partial charge in [0.25, 0.3) is 0 Å². The van der Waals surface area contributed by atoms with Gasteiger partial charge < -0.3 is 10.4 Å². The van der Waals surface area contributed by atoms with Gasteiger partial charge in [0.05, 0.1) is 0 Å². The van der Waals surface area contributed by atoms with E-state index in [0.29, 0.717) is 13.0 Å². The Morgan fingerprint density at radius 3 is 2.61 bits per heavy atom. The minimum atomic E-state index is -0.232. The highest BCUT2D eigenvalue weighted by Crippen LogP contribution is 2.23. The molecule has 0 heterocycles. The van der Waals surface area contributed by atoms with Crippen LogP contribution in [0, 0.1) is 11.2 Å². The number of halogens is 2. The van der Waals surface area contributed by atoms with Gasteiger partial charge in [-0.2, -0.15) is 0 Å². The van der Waals surface area contributed by atoms with Crippen molar-refractivity contribution in [1.29, 1.82) is 0 Å². The number of hydrogen-bond acceptors (Lipinski definition) is 2. The van der Waals surface area contributed by atoms with E-state index in [1.807, 2.05) is 0 Å². The van der Waals surface area contributed by atoms with Gasteiger partial charge in [0.2, 0.25) is 0 Å². The molecule has 1 rings (SSSR count). The molecule has 0 saturated carbocycles. The summed E-state index contributed by atoms with van der Waals surface area (Å²) in [6, 6.07) is 4.86.